The van der Waals surface area contributed by atoms with Gasteiger partial charge in [0, 0.05) is 63.7 Å². The highest BCUT2D eigenvalue weighted by Crippen LogP contribution is 2.41. The lowest BCUT2D eigenvalue weighted by molar-refractivity contribution is -0.139. The fourth-order valence-corrected chi connectivity index (χ4v) is 9.15. The lowest BCUT2D eigenvalue weighted by atomic mass is 9.73. The average molecular weight is 1340 g/mol. The van der Waals surface area contributed by atoms with Gasteiger partial charge in [-0.15, -0.1) is 6.58 Å². The summed E-state index contributed by atoms with van der Waals surface area (Å²) < 4.78 is 59.0. The molecule has 0 spiro atoms. The largest absolute Gasteiger partial charge is 0.493 e. The van der Waals surface area contributed by atoms with Crippen molar-refractivity contribution in [3.63, 3.8) is 0 Å². The Bertz CT molecular complexity index is 2410. The number of carbonyl (C=O) groups is 4. The maximum Gasteiger partial charge on any atom is 0.407 e. The van der Waals surface area contributed by atoms with E-state index in [4.69, 9.17) is 47.4 Å². The van der Waals surface area contributed by atoms with Crippen LogP contribution in [0.1, 0.15) is 232 Å². The molecule has 0 saturated carbocycles. The van der Waals surface area contributed by atoms with Gasteiger partial charge in [0.15, 0.2) is 0 Å². The van der Waals surface area contributed by atoms with Gasteiger partial charge in [0.25, 0.3) is 6.47 Å². The van der Waals surface area contributed by atoms with Crippen molar-refractivity contribution in [2.45, 2.75) is 255 Å². The zero-order chi connectivity index (χ0) is 72.2. The van der Waals surface area contributed by atoms with Crippen LogP contribution >= 0.6 is 0 Å². The molecule has 0 aliphatic rings. The first-order valence-electron chi connectivity index (χ1n) is 34.9. The molecule has 3 N–H and O–H groups in total. The highest BCUT2D eigenvalue weighted by molar-refractivity contribution is 5.86. The summed E-state index contributed by atoms with van der Waals surface area (Å²) in [6, 6.07) is 28.3. The van der Waals surface area contributed by atoms with Gasteiger partial charge in [-0.3, -0.25) is 14.9 Å². The molecule has 0 saturated heterocycles. The molecule has 4 unspecified atom stereocenters. The molecular formula is C78H133N3O14. The lowest BCUT2D eigenvalue weighted by Crippen LogP contribution is -2.46. The number of methoxy groups -OCH3 is 1. The predicted molar refractivity (Wildman–Crippen MR) is 389 cm³/mol. The molecule has 3 aromatic rings. The maximum absolute atomic E-state index is 12.9. The summed E-state index contributed by atoms with van der Waals surface area (Å²) in [5.74, 6) is 1.18. The molecule has 0 radical (unpaired) electrons. The van der Waals surface area contributed by atoms with E-state index >= 15 is 0 Å². The number of ether oxygens (including phenoxy) is 10. The normalized spacial score (nSPS) is 12.7. The zero-order valence-electron chi connectivity index (χ0n) is 62.9. The van der Waals surface area contributed by atoms with Crippen LogP contribution < -0.4 is 25.4 Å². The molecule has 2 amide bonds. The number of unbranched alkanes of at least 4 members (excludes halogenated alkanes) is 5. The Balaban J connectivity index is 0. The van der Waals surface area contributed by atoms with Crippen LogP contribution in [0.2, 0.25) is 0 Å². The number of allylic oxidation sites excluding steroid dienone is 1. The van der Waals surface area contributed by atoms with Crippen LogP contribution in [-0.2, 0) is 52.3 Å². The molecule has 95 heavy (non-hydrogen) atoms. The van der Waals surface area contributed by atoms with Gasteiger partial charge in [-0.25, -0.2) is 9.59 Å². The fraction of sp³-hybridized carbons (Fsp3) is 0.667. The van der Waals surface area contributed by atoms with E-state index in [1.807, 2.05) is 111 Å². The van der Waals surface area contributed by atoms with Gasteiger partial charge < -0.3 is 58.0 Å². The number of hydrogen-bond donors (Lipinski definition) is 3. The van der Waals surface area contributed by atoms with Crippen molar-refractivity contribution in [3.05, 3.63) is 120 Å². The van der Waals surface area contributed by atoms with Gasteiger partial charge in [0.05, 0.1) is 62.5 Å². The summed E-state index contributed by atoms with van der Waals surface area (Å²) in [6.07, 6.45) is 10.5. The van der Waals surface area contributed by atoms with Crippen molar-refractivity contribution in [2.24, 2.45) is 5.41 Å². The van der Waals surface area contributed by atoms with Gasteiger partial charge in [-0.1, -0.05) is 121 Å². The molecule has 0 heterocycles. The van der Waals surface area contributed by atoms with E-state index in [9.17, 15) is 19.2 Å². The lowest BCUT2D eigenvalue weighted by Gasteiger charge is -2.44. The van der Waals surface area contributed by atoms with E-state index in [0.717, 1.165) is 101 Å². The second-order valence-corrected chi connectivity index (χ2v) is 26.4. The Morgan fingerprint density at radius 2 is 1.08 bits per heavy atom. The van der Waals surface area contributed by atoms with E-state index in [2.05, 4.69) is 128 Å². The van der Waals surface area contributed by atoms with E-state index in [-0.39, 0.29) is 46.8 Å². The van der Waals surface area contributed by atoms with Crippen molar-refractivity contribution >= 4 is 24.9 Å². The molecule has 544 valence electrons. The maximum atomic E-state index is 12.9. The van der Waals surface area contributed by atoms with Crippen molar-refractivity contribution < 1.29 is 66.5 Å². The second-order valence-electron chi connectivity index (χ2n) is 26.4. The average Bonchev–Trinajstić information content (AvgIpc) is 0.817. The van der Waals surface area contributed by atoms with Crippen molar-refractivity contribution in [2.75, 3.05) is 79.6 Å². The molecule has 4 atom stereocenters. The Kier molecular flexibility index (Phi) is 51.1. The molecular weight excluding hydrogens is 1200 g/mol. The van der Waals surface area contributed by atoms with Gasteiger partial charge in [-0.05, 0) is 195 Å². The molecule has 0 bridgehead atoms. The van der Waals surface area contributed by atoms with E-state index in [0.29, 0.717) is 84.4 Å². The first-order chi connectivity index (χ1) is 45.0. The fourth-order valence-electron chi connectivity index (χ4n) is 9.15. The monoisotopic (exact) mass is 1340 g/mol. The number of nitrogens with one attached hydrogen (secondary N) is 3. The van der Waals surface area contributed by atoms with Gasteiger partial charge in [0.1, 0.15) is 23.3 Å². The minimum atomic E-state index is -0.842. The molecule has 3 aromatic carbocycles. The molecule has 0 aromatic heterocycles. The quantitative estimate of drug-likeness (QED) is 0.00918. The number of carbonyl (C=O) groups excluding carboxylic acids is 4. The van der Waals surface area contributed by atoms with Crippen LogP contribution in [0.3, 0.4) is 0 Å². The number of rotatable bonds is 48. The Morgan fingerprint density at radius 1 is 0.558 bits per heavy atom. The minimum absolute atomic E-state index is 0.0732. The van der Waals surface area contributed by atoms with Crippen molar-refractivity contribution in [3.8, 4) is 11.5 Å². The summed E-state index contributed by atoms with van der Waals surface area (Å²) in [7, 11) is 1.75. The number of alkyl carbamates (subject to hydrolysis) is 1. The zero-order valence-corrected chi connectivity index (χ0v) is 62.9. The van der Waals surface area contributed by atoms with Crippen LogP contribution in [0, 0.1) is 5.41 Å². The first-order valence-corrected chi connectivity index (χ1v) is 34.9. The van der Waals surface area contributed by atoms with E-state index < -0.39 is 17.3 Å². The number of benzene rings is 3. The topological polar surface area (TPSA) is 197 Å². The molecule has 17 nitrogen and oxygen atoms in total. The van der Waals surface area contributed by atoms with Crippen molar-refractivity contribution in [1.29, 1.82) is 0 Å². The molecule has 0 aliphatic heterocycles. The van der Waals surface area contributed by atoms with E-state index in [1.54, 1.807) is 14.0 Å². The summed E-state index contributed by atoms with van der Waals surface area (Å²) in [6.45, 7) is 52.5. The van der Waals surface area contributed by atoms with Crippen LogP contribution in [0.15, 0.2) is 109 Å². The number of amides is 2. The number of hydrogen-bond acceptors (Lipinski definition) is 15. The first kappa shape index (κ1) is 91.2. The highest BCUT2D eigenvalue weighted by Gasteiger charge is 2.41. The van der Waals surface area contributed by atoms with Gasteiger partial charge >= 0.3 is 12.1 Å². The van der Waals surface area contributed by atoms with Gasteiger partial charge in [-0.2, -0.15) is 0 Å². The Hall–Kier alpha value is -5.82. The molecule has 17 heteroatoms. The third kappa shape index (κ3) is 44.6. The smallest absolute Gasteiger partial charge is 0.407 e. The summed E-state index contributed by atoms with van der Waals surface area (Å²) in [5, 5.41) is 8.91. The van der Waals surface area contributed by atoms with Crippen molar-refractivity contribution in [1.82, 2.24) is 16.0 Å². The summed E-state index contributed by atoms with van der Waals surface area (Å²) in [5.41, 5.74) is 1.74. The SMILES string of the molecule is C=C(C)C.C=C(C)C(=O)OCCCCCNC=O.CC.CC.COC(C)(C)C(COC(C)NCCCOC(C)(C)CCOc1ccc(OCCC(C)OCCCCC(C)(C)C(C)(C)OCC(c2ccccc2)C(C)(C)OC(=O)NCCCCCOC=O)cc1)c1ccccc1. The number of esters is 1. The van der Waals surface area contributed by atoms with Crippen LogP contribution in [-0.4, -0.2) is 139 Å². The highest BCUT2D eigenvalue weighted by atomic mass is 16.6. The van der Waals surface area contributed by atoms with Crippen LogP contribution in [0.25, 0.3) is 0 Å². The Morgan fingerprint density at radius 3 is 1.62 bits per heavy atom. The standard InChI is InChI=1S/C60H96N2O11.C10H17NO3.C4H8.2C2H6/c1-47(67-40-24-21-35-56(3,4)60(11,12)72-45-54(50-28-19-15-20-29-50)59(9,10)73-55(64)62-37-22-16-23-39-66-46-63)34-42-68-51-30-32-52(33-31-51)69-43-36-57(5,6)71-41-25-38-61-48(2)70-44-53(58(7,8)65-13)49-26-17-14-18-27-49;1-9(2)10(13)14-7-5-3-4-6-11-8-12;1-4(2)3;2*1-2/h14-15,17-20,26-33,46-48,53-54,61H,16,21-25,34-45H2,1-13H3,(H,62,64);8H,1,3-7H2,2H3,(H,11,12);1H2,2-3H3;2*1-2H3. The summed E-state index contributed by atoms with van der Waals surface area (Å²) >= 11 is 0. The van der Waals surface area contributed by atoms with Crippen LogP contribution in [0.4, 0.5) is 4.79 Å². The third-order valence-electron chi connectivity index (χ3n) is 16.1. The van der Waals surface area contributed by atoms with Gasteiger partial charge in [0.2, 0.25) is 6.41 Å². The van der Waals surface area contributed by atoms with Crippen LogP contribution in [0.5, 0.6) is 11.5 Å². The Labute approximate surface area is 577 Å². The second kappa shape index (κ2) is 53.3. The predicted octanol–water partition coefficient (Wildman–Crippen LogP) is 17.3. The summed E-state index contributed by atoms with van der Waals surface area (Å²) in [4.78, 5) is 44.0. The minimum Gasteiger partial charge on any atom is -0.493 e. The third-order valence-corrected chi connectivity index (χ3v) is 16.1. The molecule has 0 fully saturated rings. The van der Waals surface area contributed by atoms with E-state index in [1.165, 1.54) is 11.1 Å². The molecule has 0 aliphatic carbocycles. The molecule has 3 rings (SSSR count).